The fourth-order valence-electron chi connectivity index (χ4n) is 1.93. The number of nitrogens with zero attached hydrogens (tertiary/aromatic N) is 1. The van der Waals surface area contributed by atoms with Gasteiger partial charge in [-0.25, -0.2) is 4.79 Å². The summed E-state index contributed by atoms with van der Waals surface area (Å²) in [7, 11) is 0. The second-order valence-corrected chi connectivity index (χ2v) is 4.07. The molecule has 19 heavy (non-hydrogen) atoms. The van der Waals surface area contributed by atoms with Crippen LogP contribution in [0.2, 0.25) is 0 Å². The number of carbonyl (C=O) groups is 1. The van der Waals surface area contributed by atoms with Gasteiger partial charge in [0.2, 0.25) is 0 Å². The number of benzene rings is 1. The smallest absolute Gasteiger partial charge is 0.336 e. The van der Waals surface area contributed by atoms with E-state index in [1.807, 2.05) is 6.07 Å². The van der Waals surface area contributed by atoms with Gasteiger partial charge in [-0.2, -0.15) is 5.26 Å². The first-order valence-corrected chi connectivity index (χ1v) is 5.62. The Hall–Kier alpha value is -2.61. The molecule has 0 atom stereocenters. The second kappa shape index (κ2) is 4.94. The minimum absolute atomic E-state index is 0.179. The Balaban J connectivity index is 2.81. The van der Waals surface area contributed by atoms with Crippen molar-refractivity contribution >= 4 is 16.8 Å². The van der Waals surface area contributed by atoms with E-state index < -0.39 is 5.63 Å². The molecule has 1 aromatic heterocycles. The largest absolute Gasteiger partial charge is 0.478 e. The molecular weight excluding hydrogens is 246 g/mol. The lowest BCUT2D eigenvalue weighted by molar-refractivity contribution is 0.101. The van der Waals surface area contributed by atoms with Crippen LogP contribution in [0.4, 0.5) is 0 Å². The van der Waals surface area contributed by atoms with Crippen LogP contribution in [0.5, 0.6) is 5.75 Å². The van der Waals surface area contributed by atoms with E-state index in [1.54, 1.807) is 19.1 Å². The van der Waals surface area contributed by atoms with Crippen LogP contribution in [0.1, 0.15) is 22.8 Å². The van der Waals surface area contributed by atoms with Gasteiger partial charge in [-0.05, 0) is 31.5 Å². The van der Waals surface area contributed by atoms with Gasteiger partial charge in [0.25, 0.3) is 0 Å². The summed E-state index contributed by atoms with van der Waals surface area (Å²) < 4.78 is 10.3. The highest BCUT2D eigenvalue weighted by molar-refractivity contribution is 6.07. The van der Waals surface area contributed by atoms with E-state index in [0.29, 0.717) is 5.39 Å². The predicted octanol–water partition coefficient (Wildman–Crippen LogP) is 2.21. The summed E-state index contributed by atoms with van der Waals surface area (Å²) in [5, 5.41) is 9.20. The van der Waals surface area contributed by atoms with Gasteiger partial charge in [-0.1, -0.05) is 0 Å². The number of hydrogen-bond donors (Lipinski definition) is 0. The zero-order valence-electron chi connectivity index (χ0n) is 10.5. The average Bonchev–Trinajstić information content (AvgIpc) is 2.34. The molecule has 0 radical (unpaired) electrons. The molecule has 2 aromatic rings. The first kappa shape index (κ1) is 12.8. The Labute approximate surface area is 109 Å². The van der Waals surface area contributed by atoms with Crippen molar-refractivity contribution < 1.29 is 13.9 Å². The van der Waals surface area contributed by atoms with Crippen molar-refractivity contribution in [2.24, 2.45) is 0 Å². The van der Waals surface area contributed by atoms with E-state index in [0.717, 1.165) is 5.56 Å². The molecule has 0 amide bonds. The van der Waals surface area contributed by atoms with Gasteiger partial charge < -0.3 is 9.15 Å². The number of aryl methyl sites for hydroxylation is 1. The van der Waals surface area contributed by atoms with Gasteiger partial charge in [0.1, 0.15) is 17.4 Å². The zero-order valence-corrected chi connectivity index (χ0v) is 10.5. The van der Waals surface area contributed by atoms with Crippen molar-refractivity contribution in [1.29, 1.82) is 5.26 Å². The molecule has 5 heteroatoms. The van der Waals surface area contributed by atoms with E-state index in [-0.39, 0.29) is 29.3 Å². The summed E-state index contributed by atoms with van der Waals surface area (Å²) >= 11 is 0. The first-order chi connectivity index (χ1) is 9.04. The molecule has 0 aliphatic rings. The summed E-state index contributed by atoms with van der Waals surface area (Å²) in [5.74, 6) is -0.0393. The minimum atomic E-state index is -0.523. The number of ether oxygens (including phenoxy) is 1. The van der Waals surface area contributed by atoms with Crippen molar-refractivity contribution in [2.75, 3.05) is 6.61 Å². The summed E-state index contributed by atoms with van der Waals surface area (Å²) in [6.45, 7) is 2.94. The fraction of sp³-hybridized carbons (Fsp3) is 0.214. The number of Topliss-reactive ketones (excluding diaryl/α,β-unsaturated/α-hetero) is 1. The number of nitriles is 1. The highest BCUT2D eigenvalue weighted by atomic mass is 16.5. The third-order valence-corrected chi connectivity index (χ3v) is 2.73. The van der Waals surface area contributed by atoms with Gasteiger partial charge in [0, 0.05) is 11.5 Å². The van der Waals surface area contributed by atoms with Crippen LogP contribution in [0, 0.1) is 18.3 Å². The van der Waals surface area contributed by atoms with Crippen LogP contribution >= 0.6 is 0 Å². The van der Waals surface area contributed by atoms with Crippen LogP contribution in [0.15, 0.2) is 27.4 Å². The number of ketones is 1. The molecule has 5 nitrogen and oxygen atoms in total. The van der Waals surface area contributed by atoms with Crippen LogP contribution < -0.4 is 10.4 Å². The molecule has 0 bridgehead atoms. The van der Waals surface area contributed by atoms with Crippen molar-refractivity contribution in [3.8, 4) is 11.8 Å². The van der Waals surface area contributed by atoms with Gasteiger partial charge in [0.05, 0.1) is 0 Å². The van der Waals surface area contributed by atoms with E-state index >= 15 is 0 Å². The lowest BCUT2D eigenvalue weighted by Crippen LogP contribution is -2.06. The Kier molecular flexibility index (Phi) is 3.34. The number of carbonyl (C=O) groups excluding carboxylic acids is 1. The number of hydrogen-bond acceptors (Lipinski definition) is 5. The third-order valence-electron chi connectivity index (χ3n) is 2.73. The molecule has 0 unspecified atom stereocenters. The highest BCUT2D eigenvalue weighted by Crippen LogP contribution is 2.29. The standard InChI is InChI=1S/C14H11NO4/c1-8-7-12(17)19-14-10(8)3-4-11(18-6-5-15)13(14)9(2)16/h3-4,7H,6H2,1-2H3. The molecule has 0 N–H and O–H groups in total. The molecule has 0 spiro atoms. The highest BCUT2D eigenvalue weighted by Gasteiger charge is 2.17. The van der Waals surface area contributed by atoms with Crippen molar-refractivity contribution in [1.82, 2.24) is 0 Å². The van der Waals surface area contributed by atoms with Crippen LogP contribution in [-0.2, 0) is 0 Å². The monoisotopic (exact) mass is 257 g/mol. The SMILES string of the molecule is CC(=O)c1c(OCC#N)ccc2c(C)cc(=O)oc12. The summed E-state index contributed by atoms with van der Waals surface area (Å²) in [5.41, 5.74) is 0.590. The molecule has 2 rings (SSSR count). The fourth-order valence-corrected chi connectivity index (χ4v) is 1.93. The summed E-state index contributed by atoms with van der Waals surface area (Å²) in [6, 6.07) is 6.49. The second-order valence-electron chi connectivity index (χ2n) is 4.07. The minimum Gasteiger partial charge on any atom is -0.478 e. The molecule has 1 heterocycles. The van der Waals surface area contributed by atoms with Gasteiger partial charge in [-0.3, -0.25) is 4.79 Å². The van der Waals surface area contributed by atoms with Crippen molar-refractivity contribution in [2.45, 2.75) is 13.8 Å². The molecule has 96 valence electrons. The summed E-state index contributed by atoms with van der Waals surface area (Å²) in [4.78, 5) is 23.2. The van der Waals surface area contributed by atoms with E-state index in [1.165, 1.54) is 13.0 Å². The van der Waals surface area contributed by atoms with Crippen LogP contribution in [0.25, 0.3) is 11.0 Å². The zero-order chi connectivity index (χ0) is 14.0. The van der Waals surface area contributed by atoms with Crippen LogP contribution in [-0.4, -0.2) is 12.4 Å². The van der Waals surface area contributed by atoms with Gasteiger partial charge in [-0.15, -0.1) is 0 Å². The maximum atomic E-state index is 11.7. The van der Waals surface area contributed by atoms with Crippen LogP contribution in [0.3, 0.4) is 0 Å². The lowest BCUT2D eigenvalue weighted by atomic mass is 10.0. The molecule has 0 aliphatic carbocycles. The normalized spacial score (nSPS) is 10.2. The van der Waals surface area contributed by atoms with Crippen molar-refractivity contribution in [3.05, 3.63) is 39.7 Å². The maximum Gasteiger partial charge on any atom is 0.336 e. The third kappa shape index (κ3) is 2.33. The Morgan fingerprint density at radius 2 is 2.21 bits per heavy atom. The van der Waals surface area contributed by atoms with Gasteiger partial charge >= 0.3 is 5.63 Å². The number of fused-ring (bicyclic) bond motifs is 1. The Morgan fingerprint density at radius 1 is 1.47 bits per heavy atom. The topological polar surface area (TPSA) is 80.3 Å². The summed E-state index contributed by atoms with van der Waals surface area (Å²) in [6.07, 6.45) is 0. The van der Waals surface area contributed by atoms with E-state index in [9.17, 15) is 9.59 Å². The predicted molar refractivity (Wildman–Crippen MR) is 68.3 cm³/mol. The molecule has 0 saturated carbocycles. The molecule has 0 fully saturated rings. The quantitative estimate of drug-likeness (QED) is 0.622. The average molecular weight is 257 g/mol. The molecule has 0 saturated heterocycles. The first-order valence-electron chi connectivity index (χ1n) is 5.62. The van der Waals surface area contributed by atoms with Gasteiger partial charge in [0.15, 0.2) is 18.0 Å². The lowest BCUT2D eigenvalue weighted by Gasteiger charge is -2.10. The number of rotatable bonds is 3. The Morgan fingerprint density at radius 3 is 2.84 bits per heavy atom. The van der Waals surface area contributed by atoms with E-state index in [2.05, 4.69) is 0 Å². The maximum absolute atomic E-state index is 11.7. The van der Waals surface area contributed by atoms with E-state index in [4.69, 9.17) is 14.4 Å². The van der Waals surface area contributed by atoms with Crippen molar-refractivity contribution in [3.63, 3.8) is 0 Å². The molecule has 0 aliphatic heterocycles. The molecular formula is C14H11NO4. The molecule has 1 aromatic carbocycles. The Bertz CT molecular complexity index is 752.